The Labute approximate surface area is 123 Å². The molecule has 0 amide bonds. The fraction of sp³-hybridized carbons (Fsp3) is 0.462. The van der Waals surface area contributed by atoms with Crippen molar-refractivity contribution >= 4 is 16.2 Å². The number of benzene rings is 1. The van der Waals surface area contributed by atoms with Gasteiger partial charge in [0.05, 0.1) is 0 Å². The van der Waals surface area contributed by atoms with Crippen molar-refractivity contribution in [2.75, 3.05) is 13.1 Å². The Balaban J connectivity index is 1.94. The molecule has 8 heteroatoms. The van der Waals surface area contributed by atoms with Crippen LogP contribution in [-0.4, -0.2) is 48.1 Å². The van der Waals surface area contributed by atoms with Crippen LogP contribution in [-0.2, 0) is 28.0 Å². The molecule has 1 atom stereocenters. The fourth-order valence-electron chi connectivity index (χ4n) is 2.21. The van der Waals surface area contributed by atoms with Crippen molar-refractivity contribution < 1.29 is 23.4 Å². The largest absolute Gasteiger partial charge is 0.479 e. The van der Waals surface area contributed by atoms with Crippen LogP contribution < -0.4 is 4.72 Å². The van der Waals surface area contributed by atoms with E-state index in [2.05, 4.69) is 4.72 Å². The molecule has 7 nitrogen and oxygen atoms in total. The van der Waals surface area contributed by atoms with Crippen LogP contribution in [0.15, 0.2) is 24.3 Å². The molecule has 1 unspecified atom stereocenters. The SMILES string of the molecule is O=C(O)C(O)CCNS(=O)(=O)N1CCc2ccccc2C1. The molecule has 116 valence electrons. The van der Waals surface area contributed by atoms with Crippen LogP contribution in [0, 0.1) is 0 Å². The number of aliphatic hydroxyl groups is 1. The van der Waals surface area contributed by atoms with Crippen LogP contribution in [0.2, 0.25) is 0 Å². The molecule has 0 aromatic heterocycles. The van der Waals surface area contributed by atoms with Crippen molar-refractivity contribution in [1.29, 1.82) is 0 Å². The van der Waals surface area contributed by atoms with Crippen LogP contribution in [0.3, 0.4) is 0 Å². The minimum Gasteiger partial charge on any atom is -0.479 e. The van der Waals surface area contributed by atoms with Crippen LogP contribution >= 0.6 is 0 Å². The summed E-state index contributed by atoms with van der Waals surface area (Å²) in [6, 6.07) is 7.67. The summed E-state index contributed by atoms with van der Waals surface area (Å²) in [5.41, 5.74) is 2.12. The molecule has 3 N–H and O–H groups in total. The lowest BCUT2D eigenvalue weighted by molar-refractivity contribution is -0.146. The molecule has 0 spiro atoms. The Morgan fingerprint density at radius 2 is 2.00 bits per heavy atom. The predicted molar refractivity (Wildman–Crippen MR) is 75.7 cm³/mol. The number of carbonyl (C=O) groups is 1. The highest BCUT2D eigenvalue weighted by Crippen LogP contribution is 2.20. The zero-order valence-electron chi connectivity index (χ0n) is 11.4. The zero-order valence-corrected chi connectivity index (χ0v) is 12.2. The molecule has 1 aromatic rings. The summed E-state index contributed by atoms with van der Waals surface area (Å²) in [6.45, 7) is 0.564. The average Bonchev–Trinajstić information content (AvgIpc) is 2.46. The molecular formula is C13H18N2O5S. The van der Waals surface area contributed by atoms with Crippen molar-refractivity contribution in [1.82, 2.24) is 9.03 Å². The fourth-order valence-corrected chi connectivity index (χ4v) is 3.41. The van der Waals surface area contributed by atoms with E-state index in [9.17, 15) is 13.2 Å². The van der Waals surface area contributed by atoms with Gasteiger partial charge in [-0.1, -0.05) is 24.3 Å². The second-order valence-electron chi connectivity index (χ2n) is 4.89. The van der Waals surface area contributed by atoms with E-state index >= 15 is 0 Å². The van der Waals surface area contributed by atoms with Crippen LogP contribution in [0.4, 0.5) is 0 Å². The van der Waals surface area contributed by atoms with Crippen LogP contribution in [0.5, 0.6) is 0 Å². The minimum absolute atomic E-state index is 0.117. The van der Waals surface area contributed by atoms with E-state index in [4.69, 9.17) is 10.2 Å². The summed E-state index contributed by atoms with van der Waals surface area (Å²) in [6.07, 6.45) is -1.08. The van der Waals surface area contributed by atoms with E-state index in [-0.39, 0.29) is 13.0 Å². The molecule has 1 aromatic carbocycles. The van der Waals surface area contributed by atoms with Crippen LogP contribution in [0.25, 0.3) is 0 Å². The zero-order chi connectivity index (χ0) is 15.5. The number of carboxylic acids is 1. The Bertz CT molecular complexity index is 617. The number of carboxylic acid groups (broad SMARTS) is 1. The molecule has 1 heterocycles. The number of hydrogen-bond acceptors (Lipinski definition) is 4. The Morgan fingerprint density at radius 1 is 1.33 bits per heavy atom. The summed E-state index contributed by atoms with van der Waals surface area (Å²) in [5.74, 6) is -1.36. The maximum Gasteiger partial charge on any atom is 0.332 e. The summed E-state index contributed by atoms with van der Waals surface area (Å²) in [7, 11) is -3.67. The van der Waals surface area contributed by atoms with Gasteiger partial charge in [0.1, 0.15) is 0 Å². The highest BCUT2D eigenvalue weighted by molar-refractivity contribution is 7.87. The van der Waals surface area contributed by atoms with E-state index < -0.39 is 22.3 Å². The van der Waals surface area contributed by atoms with Gasteiger partial charge in [-0.3, -0.25) is 0 Å². The molecule has 0 saturated heterocycles. The molecular weight excluding hydrogens is 296 g/mol. The number of nitrogens with zero attached hydrogens (tertiary/aromatic N) is 1. The van der Waals surface area contributed by atoms with Crippen molar-refractivity contribution in [3.05, 3.63) is 35.4 Å². The van der Waals surface area contributed by atoms with Crippen molar-refractivity contribution in [2.24, 2.45) is 0 Å². The number of aliphatic carboxylic acids is 1. The quantitative estimate of drug-likeness (QED) is 0.669. The van der Waals surface area contributed by atoms with Gasteiger partial charge in [-0.2, -0.15) is 12.7 Å². The van der Waals surface area contributed by atoms with Gasteiger partial charge in [-0.15, -0.1) is 0 Å². The number of hydrogen-bond donors (Lipinski definition) is 3. The molecule has 0 saturated carbocycles. The first-order valence-corrected chi connectivity index (χ1v) is 8.06. The average molecular weight is 314 g/mol. The first-order valence-electron chi connectivity index (χ1n) is 6.62. The number of fused-ring (bicyclic) bond motifs is 1. The molecule has 0 fully saturated rings. The van der Waals surface area contributed by atoms with Crippen LogP contribution in [0.1, 0.15) is 17.5 Å². The number of rotatable bonds is 6. The lowest BCUT2D eigenvalue weighted by atomic mass is 10.0. The smallest absolute Gasteiger partial charge is 0.332 e. The van der Waals surface area contributed by atoms with E-state index in [1.807, 2.05) is 24.3 Å². The Kier molecular flexibility index (Phi) is 4.94. The summed E-state index contributed by atoms with van der Waals surface area (Å²) < 4.78 is 27.9. The third-order valence-corrected chi connectivity index (χ3v) is 4.98. The monoisotopic (exact) mass is 314 g/mol. The first kappa shape index (κ1) is 15.9. The second-order valence-corrected chi connectivity index (χ2v) is 6.65. The highest BCUT2D eigenvalue weighted by atomic mass is 32.2. The van der Waals surface area contributed by atoms with E-state index in [1.54, 1.807) is 0 Å². The third kappa shape index (κ3) is 4.01. The van der Waals surface area contributed by atoms with Gasteiger partial charge in [-0.05, 0) is 24.0 Å². The van der Waals surface area contributed by atoms with Gasteiger partial charge in [-0.25, -0.2) is 9.52 Å². The van der Waals surface area contributed by atoms with Crippen molar-refractivity contribution in [3.8, 4) is 0 Å². The molecule has 0 radical (unpaired) electrons. The molecule has 0 bridgehead atoms. The molecule has 0 aliphatic carbocycles. The molecule has 21 heavy (non-hydrogen) atoms. The molecule has 1 aliphatic heterocycles. The second kappa shape index (κ2) is 6.52. The van der Waals surface area contributed by atoms with Crippen molar-refractivity contribution in [3.63, 3.8) is 0 Å². The van der Waals surface area contributed by atoms with Crippen molar-refractivity contribution in [2.45, 2.75) is 25.5 Å². The normalized spacial score (nSPS) is 17.2. The standard InChI is InChI=1S/C13H18N2O5S/c16-12(13(17)18)5-7-14-21(19,20)15-8-6-10-3-1-2-4-11(10)9-15/h1-4,12,14,16H,5-9H2,(H,17,18). The Morgan fingerprint density at radius 3 is 2.67 bits per heavy atom. The summed E-state index contributed by atoms with van der Waals surface area (Å²) in [4.78, 5) is 10.5. The van der Waals surface area contributed by atoms with Gasteiger partial charge < -0.3 is 10.2 Å². The van der Waals surface area contributed by atoms with Gasteiger partial charge in [0.25, 0.3) is 10.2 Å². The minimum atomic E-state index is -3.67. The molecule has 1 aliphatic rings. The Hall–Kier alpha value is -1.48. The van der Waals surface area contributed by atoms with E-state index in [0.29, 0.717) is 19.5 Å². The molecule has 2 rings (SSSR count). The lowest BCUT2D eigenvalue weighted by Gasteiger charge is -2.28. The first-order chi connectivity index (χ1) is 9.90. The maximum atomic E-state index is 12.1. The summed E-state index contributed by atoms with van der Waals surface area (Å²) >= 11 is 0. The maximum absolute atomic E-state index is 12.1. The van der Waals surface area contributed by atoms with Gasteiger partial charge in [0, 0.05) is 19.6 Å². The van der Waals surface area contributed by atoms with E-state index in [1.165, 1.54) is 4.31 Å². The van der Waals surface area contributed by atoms with Gasteiger partial charge in [0.2, 0.25) is 0 Å². The third-order valence-electron chi connectivity index (χ3n) is 3.42. The number of nitrogens with one attached hydrogen (secondary N) is 1. The summed E-state index contributed by atoms with van der Waals surface area (Å²) in [5, 5.41) is 17.6. The van der Waals surface area contributed by atoms with Gasteiger partial charge >= 0.3 is 5.97 Å². The predicted octanol–water partition coefficient (Wildman–Crippen LogP) is -0.285. The van der Waals surface area contributed by atoms with Gasteiger partial charge in [0.15, 0.2) is 6.10 Å². The van der Waals surface area contributed by atoms with E-state index in [0.717, 1.165) is 11.1 Å². The highest BCUT2D eigenvalue weighted by Gasteiger charge is 2.26. The lowest BCUT2D eigenvalue weighted by Crippen LogP contribution is -2.44. The number of aliphatic hydroxyl groups excluding tert-OH is 1. The topological polar surface area (TPSA) is 107 Å².